The predicted molar refractivity (Wildman–Crippen MR) is 215 cm³/mol. The summed E-state index contributed by atoms with van der Waals surface area (Å²) in [6.45, 7) is 0. The van der Waals surface area contributed by atoms with E-state index in [1.54, 1.807) is 24.3 Å². The van der Waals surface area contributed by atoms with Crippen molar-refractivity contribution in [2.45, 2.75) is 0 Å². The van der Waals surface area contributed by atoms with E-state index in [1.807, 2.05) is 59.2 Å². The van der Waals surface area contributed by atoms with Crippen LogP contribution in [-0.2, 0) is 0 Å². The predicted octanol–water partition coefficient (Wildman–Crippen LogP) is 12.6. The standard InChI is InChI=1S/C48H31N3/c1-2-13-32(14-3-1)33-15-12-16-34(29-33)49-45-23-10-6-19-39(45)41-31-36(26-27-47(41)49)51-46-24-11-7-20-40(46)42-30-35(25-28-48(42)51)50-43-21-8-4-17-37(43)38-18-5-9-22-44(38)50/h1-31H/i2D,3D,4D,5D,7D,8D,9D,11D,17D,18D,20D,21D,22D,24D,25D,28D,30D. The Labute approximate surface area is 318 Å². The van der Waals surface area contributed by atoms with Crippen molar-refractivity contribution in [2.75, 3.05) is 0 Å². The minimum Gasteiger partial charge on any atom is -0.309 e. The highest BCUT2D eigenvalue weighted by molar-refractivity contribution is 6.14. The normalized spacial score (nSPS) is 16.6. The monoisotopic (exact) mass is 666 g/mol. The number of nitrogens with zero attached hydrogens (tertiary/aromatic N) is 3. The SMILES string of the molecule is [2H]c1cc([2H])cc(-c2cccc(-n3c4ccccc4c4cc(-n5c6c([2H])c([2H])c([2H])c([2H])c6c6c([2H])c(-n7c8c([2H])c([2H])c([2H])c([2H])c8c8c([2H])c([2H])c([2H])c([2H])c87)c([2H])c([2H])c65)ccc43)c2)c1. The van der Waals surface area contributed by atoms with Crippen molar-refractivity contribution in [3.8, 4) is 28.2 Å². The van der Waals surface area contributed by atoms with Crippen LogP contribution in [0, 0.1) is 0 Å². The molecule has 0 saturated heterocycles. The summed E-state index contributed by atoms with van der Waals surface area (Å²) in [6, 6.07) is 16.3. The molecule has 0 aliphatic carbocycles. The first kappa shape index (κ1) is 16.2. The molecule has 11 aromatic rings. The number of rotatable bonds is 4. The van der Waals surface area contributed by atoms with Crippen LogP contribution < -0.4 is 0 Å². The van der Waals surface area contributed by atoms with Crippen molar-refractivity contribution in [3.63, 3.8) is 0 Å². The lowest BCUT2D eigenvalue weighted by Gasteiger charge is -2.12. The quantitative estimate of drug-likeness (QED) is 0.178. The second-order valence-electron chi connectivity index (χ2n) is 12.1. The van der Waals surface area contributed by atoms with Crippen LogP contribution in [0.25, 0.3) is 93.6 Å². The summed E-state index contributed by atoms with van der Waals surface area (Å²) in [7, 11) is 0. The summed E-state index contributed by atoms with van der Waals surface area (Å²) in [6.07, 6.45) is 0. The summed E-state index contributed by atoms with van der Waals surface area (Å²) in [5.74, 6) is 0. The van der Waals surface area contributed by atoms with Gasteiger partial charge in [-0.05, 0) is 83.8 Å². The second kappa shape index (κ2) is 10.8. The van der Waals surface area contributed by atoms with E-state index in [0.717, 1.165) is 32.2 Å². The number of hydrogen-bond acceptors (Lipinski definition) is 0. The zero-order valence-corrected chi connectivity index (χ0v) is 26.4. The molecule has 8 aromatic carbocycles. The van der Waals surface area contributed by atoms with Crippen LogP contribution in [0.3, 0.4) is 0 Å². The zero-order chi connectivity index (χ0) is 48.3. The fourth-order valence-electron chi connectivity index (χ4n) is 7.24. The van der Waals surface area contributed by atoms with Gasteiger partial charge in [0.1, 0.15) is 0 Å². The van der Waals surface area contributed by atoms with Crippen LogP contribution in [0.4, 0.5) is 0 Å². The second-order valence-corrected chi connectivity index (χ2v) is 12.1. The van der Waals surface area contributed by atoms with Crippen molar-refractivity contribution in [1.29, 1.82) is 0 Å². The third-order valence-corrected chi connectivity index (χ3v) is 9.40. The Kier molecular flexibility index (Phi) is 3.45. The molecule has 0 fully saturated rings. The van der Waals surface area contributed by atoms with Crippen molar-refractivity contribution >= 4 is 65.4 Å². The van der Waals surface area contributed by atoms with Crippen LogP contribution in [0.5, 0.6) is 0 Å². The molecule has 3 heteroatoms. The van der Waals surface area contributed by atoms with Crippen molar-refractivity contribution in [2.24, 2.45) is 0 Å². The van der Waals surface area contributed by atoms with E-state index in [1.165, 1.54) is 10.6 Å². The Morgan fingerprint density at radius 1 is 0.314 bits per heavy atom. The molecule has 0 bridgehead atoms. The number of hydrogen-bond donors (Lipinski definition) is 0. The largest absolute Gasteiger partial charge is 0.309 e. The Bertz CT molecular complexity index is 4030. The van der Waals surface area contributed by atoms with E-state index in [0.29, 0.717) is 16.6 Å². The number of fused-ring (bicyclic) bond motifs is 9. The number of aromatic nitrogens is 3. The zero-order valence-electron chi connectivity index (χ0n) is 43.4. The van der Waals surface area contributed by atoms with Crippen LogP contribution in [0.2, 0.25) is 0 Å². The minimum absolute atomic E-state index is 0.114. The van der Waals surface area contributed by atoms with Gasteiger partial charge in [-0.2, -0.15) is 0 Å². The fraction of sp³-hybridized carbons (Fsp3) is 0. The lowest BCUT2D eigenvalue weighted by Crippen LogP contribution is -1.97. The minimum atomic E-state index is -0.719. The molecule has 0 aliphatic rings. The van der Waals surface area contributed by atoms with Crippen LogP contribution in [0.1, 0.15) is 23.3 Å². The van der Waals surface area contributed by atoms with Gasteiger partial charge in [0.15, 0.2) is 0 Å². The molecule has 0 amide bonds. The number of benzene rings is 8. The molecule has 3 heterocycles. The molecule has 0 spiro atoms. The van der Waals surface area contributed by atoms with Gasteiger partial charge in [0.25, 0.3) is 0 Å². The van der Waals surface area contributed by atoms with Crippen LogP contribution in [-0.4, -0.2) is 13.7 Å². The summed E-state index contributed by atoms with van der Waals surface area (Å²) in [5, 5.41) is 0.533. The lowest BCUT2D eigenvalue weighted by atomic mass is 10.1. The first-order valence-electron chi connectivity index (χ1n) is 24.6. The molecule has 11 rings (SSSR count). The topological polar surface area (TPSA) is 14.8 Å². The van der Waals surface area contributed by atoms with Gasteiger partial charge in [0.2, 0.25) is 0 Å². The smallest absolute Gasteiger partial charge is 0.0652 e. The Hall–Kier alpha value is -6.84. The highest BCUT2D eigenvalue weighted by Crippen LogP contribution is 2.39. The van der Waals surface area contributed by atoms with Gasteiger partial charge in [-0.1, -0.05) is 115 Å². The van der Waals surface area contributed by atoms with Crippen molar-refractivity contribution < 1.29 is 23.3 Å². The lowest BCUT2D eigenvalue weighted by molar-refractivity contribution is 1.16. The van der Waals surface area contributed by atoms with E-state index >= 15 is 0 Å². The maximum Gasteiger partial charge on any atom is 0.0652 e. The molecule has 0 unspecified atom stereocenters. The molecule has 0 aliphatic heterocycles. The van der Waals surface area contributed by atoms with E-state index < -0.39 is 96.3 Å². The van der Waals surface area contributed by atoms with Gasteiger partial charge in [-0.25, -0.2) is 0 Å². The Morgan fingerprint density at radius 2 is 0.902 bits per heavy atom. The number of para-hydroxylation sites is 4. The Morgan fingerprint density at radius 3 is 1.65 bits per heavy atom. The van der Waals surface area contributed by atoms with E-state index in [4.69, 9.17) is 16.4 Å². The van der Waals surface area contributed by atoms with Gasteiger partial charge in [-0.3, -0.25) is 0 Å². The third-order valence-electron chi connectivity index (χ3n) is 9.40. The van der Waals surface area contributed by atoms with Gasteiger partial charge >= 0.3 is 0 Å². The molecular formula is C48H31N3. The third kappa shape index (κ3) is 4.12. The molecule has 238 valence electrons. The molecule has 0 saturated carbocycles. The molecule has 3 aromatic heterocycles. The van der Waals surface area contributed by atoms with Gasteiger partial charge in [-0.15, -0.1) is 0 Å². The van der Waals surface area contributed by atoms with Gasteiger partial charge in [0, 0.05) is 49.4 Å². The molecule has 51 heavy (non-hydrogen) atoms. The van der Waals surface area contributed by atoms with Crippen molar-refractivity contribution in [1.82, 2.24) is 13.7 Å². The first-order chi connectivity index (χ1) is 32.3. The van der Waals surface area contributed by atoms with E-state index in [9.17, 15) is 6.85 Å². The molecule has 0 N–H and O–H groups in total. The molecule has 0 atom stereocenters. The summed E-state index contributed by atoms with van der Waals surface area (Å²) < 4.78 is 156. The molecule has 0 radical (unpaired) electrons. The first-order valence-corrected chi connectivity index (χ1v) is 16.1. The molecular weight excluding hydrogens is 619 g/mol. The summed E-state index contributed by atoms with van der Waals surface area (Å²) in [5.41, 5.74) is 2.62. The average Bonchev–Trinajstić information content (AvgIpc) is 3.99. The highest BCUT2D eigenvalue weighted by Gasteiger charge is 2.18. The van der Waals surface area contributed by atoms with E-state index in [-0.39, 0.29) is 55.7 Å². The van der Waals surface area contributed by atoms with E-state index in [2.05, 4.69) is 0 Å². The van der Waals surface area contributed by atoms with Crippen LogP contribution in [0.15, 0.2) is 188 Å². The van der Waals surface area contributed by atoms with Crippen LogP contribution >= 0.6 is 0 Å². The fourth-order valence-corrected chi connectivity index (χ4v) is 7.24. The van der Waals surface area contributed by atoms with Gasteiger partial charge in [0.05, 0.1) is 56.4 Å². The highest BCUT2D eigenvalue weighted by atomic mass is 15.0. The maximum absolute atomic E-state index is 9.94. The van der Waals surface area contributed by atoms with Crippen molar-refractivity contribution in [3.05, 3.63) is 188 Å². The summed E-state index contributed by atoms with van der Waals surface area (Å²) in [4.78, 5) is 0. The Balaban J connectivity index is 1.26. The maximum atomic E-state index is 9.94. The average molecular weight is 667 g/mol. The summed E-state index contributed by atoms with van der Waals surface area (Å²) >= 11 is 0. The molecule has 3 nitrogen and oxygen atoms in total. The van der Waals surface area contributed by atoms with Gasteiger partial charge < -0.3 is 13.7 Å².